The maximum absolute atomic E-state index is 11.3. The third kappa shape index (κ3) is 2.78. The smallest absolute Gasteiger partial charge is 0.338 e. The van der Waals surface area contributed by atoms with Crippen LogP contribution in [0.3, 0.4) is 0 Å². The van der Waals surface area contributed by atoms with E-state index < -0.39 is 5.63 Å². The Kier molecular flexibility index (Phi) is 3.66. The number of rotatable bonds is 4. The van der Waals surface area contributed by atoms with Crippen LogP contribution in [0.5, 0.6) is 0 Å². The summed E-state index contributed by atoms with van der Waals surface area (Å²) in [6.45, 7) is 0.689. The summed E-state index contributed by atoms with van der Waals surface area (Å²) in [7, 11) is 0. The van der Waals surface area contributed by atoms with E-state index in [2.05, 4.69) is 5.32 Å². The molecule has 0 aliphatic carbocycles. The van der Waals surface area contributed by atoms with Gasteiger partial charge in [-0.25, -0.2) is 4.79 Å². The lowest BCUT2D eigenvalue weighted by molar-refractivity contribution is 0.292. The summed E-state index contributed by atoms with van der Waals surface area (Å²) in [6, 6.07) is 6.46. The Labute approximate surface area is 103 Å². The molecule has 0 spiro atoms. The van der Waals surface area contributed by atoms with E-state index in [1.807, 2.05) is 0 Å². The lowest BCUT2D eigenvalue weighted by Crippen LogP contribution is -2.07. The van der Waals surface area contributed by atoms with Crippen molar-refractivity contribution in [3.05, 3.63) is 39.7 Å². The molecule has 0 radical (unpaired) electrons. The zero-order chi connectivity index (χ0) is 12.3. The molecule has 0 atom stereocenters. The van der Waals surface area contributed by atoms with Crippen LogP contribution >= 0.6 is 11.6 Å². The minimum Gasteiger partial charge on any atom is -0.423 e. The predicted molar refractivity (Wildman–Crippen MR) is 67.7 cm³/mol. The Bertz CT molecular complexity index is 579. The average Bonchev–Trinajstić information content (AvgIpc) is 2.30. The number of anilines is 1. The number of hydrogen-bond donors (Lipinski definition) is 2. The maximum atomic E-state index is 11.3. The van der Waals surface area contributed by atoms with Gasteiger partial charge in [-0.1, -0.05) is 11.6 Å². The molecule has 0 bridgehead atoms. The zero-order valence-corrected chi connectivity index (χ0v) is 9.83. The first-order chi connectivity index (χ1) is 8.20. The molecule has 2 rings (SSSR count). The van der Waals surface area contributed by atoms with Crippen LogP contribution in [-0.4, -0.2) is 18.3 Å². The maximum Gasteiger partial charge on any atom is 0.338 e. The van der Waals surface area contributed by atoms with Gasteiger partial charge in [-0.15, -0.1) is 0 Å². The van der Waals surface area contributed by atoms with Crippen molar-refractivity contribution < 1.29 is 9.52 Å². The van der Waals surface area contributed by atoms with Gasteiger partial charge >= 0.3 is 5.63 Å². The van der Waals surface area contributed by atoms with E-state index in [0.29, 0.717) is 29.3 Å². The van der Waals surface area contributed by atoms with Gasteiger partial charge in [0, 0.05) is 29.6 Å². The zero-order valence-electron chi connectivity index (χ0n) is 9.07. The first kappa shape index (κ1) is 12.0. The van der Waals surface area contributed by atoms with Gasteiger partial charge in [-0.2, -0.15) is 0 Å². The van der Waals surface area contributed by atoms with Crippen molar-refractivity contribution in [2.24, 2.45) is 0 Å². The second-order valence-electron chi connectivity index (χ2n) is 3.62. The van der Waals surface area contributed by atoms with Gasteiger partial charge < -0.3 is 14.8 Å². The first-order valence-corrected chi connectivity index (χ1v) is 5.66. The van der Waals surface area contributed by atoms with Crippen LogP contribution < -0.4 is 10.9 Å². The van der Waals surface area contributed by atoms with E-state index in [1.165, 1.54) is 6.07 Å². The molecule has 0 aliphatic heterocycles. The molecule has 4 nitrogen and oxygen atoms in total. The van der Waals surface area contributed by atoms with Gasteiger partial charge in [0.2, 0.25) is 0 Å². The number of aliphatic hydroxyl groups excluding tert-OH is 1. The summed E-state index contributed by atoms with van der Waals surface area (Å²) in [5, 5.41) is 13.1. The van der Waals surface area contributed by atoms with Gasteiger partial charge in [0.15, 0.2) is 0 Å². The SMILES string of the molecule is O=c1cc(NCCCO)c2cc(Cl)ccc2o1. The average molecular weight is 254 g/mol. The first-order valence-electron chi connectivity index (χ1n) is 5.29. The summed E-state index contributed by atoms with van der Waals surface area (Å²) < 4.78 is 5.06. The molecular formula is C12H12ClNO3. The van der Waals surface area contributed by atoms with Crippen LogP contribution in [0.15, 0.2) is 33.5 Å². The van der Waals surface area contributed by atoms with Crippen molar-refractivity contribution in [1.29, 1.82) is 0 Å². The van der Waals surface area contributed by atoms with Crippen LogP contribution in [0.1, 0.15) is 6.42 Å². The molecule has 17 heavy (non-hydrogen) atoms. The highest BCUT2D eigenvalue weighted by atomic mass is 35.5. The highest BCUT2D eigenvalue weighted by Gasteiger charge is 2.05. The highest BCUT2D eigenvalue weighted by Crippen LogP contribution is 2.24. The van der Waals surface area contributed by atoms with Crippen LogP contribution in [0.2, 0.25) is 5.02 Å². The Morgan fingerprint density at radius 2 is 2.18 bits per heavy atom. The molecule has 0 saturated heterocycles. The molecule has 0 fully saturated rings. The van der Waals surface area contributed by atoms with E-state index in [-0.39, 0.29) is 6.61 Å². The highest BCUT2D eigenvalue weighted by molar-refractivity contribution is 6.31. The van der Waals surface area contributed by atoms with Crippen molar-refractivity contribution >= 4 is 28.3 Å². The summed E-state index contributed by atoms with van der Waals surface area (Å²) in [5.41, 5.74) is 0.756. The van der Waals surface area contributed by atoms with Crippen molar-refractivity contribution in [3.8, 4) is 0 Å². The Balaban J connectivity index is 2.44. The number of hydrogen-bond acceptors (Lipinski definition) is 4. The molecule has 2 N–H and O–H groups in total. The molecule has 1 aromatic heterocycles. The molecule has 5 heteroatoms. The molecule has 1 heterocycles. The minimum atomic E-state index is -0.411. The van der Waals surface area contributed by atoms with E-state index in [1.54, 1.807) is 18.2 Å². The van der Waals surface area contributed by atoms with Gasteiger partial charge in [0.25, 0.3) is 0 Å². The van der Waals surface area contributed by atoms with E-state index in [4.69, 9.17) is 21.1 Å². The van der Waals surface area contributed by atoms with Gasteiger partial charge in [0.1, 0.15) is 5.58 Å². The van der Waals surface area contributed by atoms with E-state index in [0.717, 1.165) is 5.39 Å². The van der Waals surface area contributed by atoms with Crippen molar-refractivity contribution in [3.63, 3.8) is 0 Å². The standard InChI is InChI=1S/C12H12ClNO3/c13-8-2-3-11-9(6-8)10(7-12(16)17-11)14-4-1-5-15/h2-3,6-7,14-15H,1,4-5H2. The molecule has 0 aliphatic rings. The predicted octanol–water partition coefficient (Wildman–Crippen LogP) is 2.24. The minimum absolute atomic E-state index is 0.104. The molecule has 0 amide bonds. The van der Waals surface area contributed by atoms with Gasteiger partial charge in [-0.3, -0.25) is 0 Å². The fraction of sp³-hybridized carbons (Fsp3) is 0.250. The second-order valence-corrected chi connectivity index (χ2v) is 4.06. The van der Waals surface area contributed by atoms with Crippen LogP contribution in [0.4, 0.5) is 5.69 Å². The third-order valence-corrected chi connectivity index (χ3v) is 2.59. The Morgan fingerprint density at radius 3 is 2.94 bits per heavy atom. The molecule has 1 aromatic carbocycles. The summed E-state index contributed by atoms with van der Waals surface area (Å²) in [5.74, 6) is 0. The monoisotopic (exact) mass is 253 g/mol. The molecule has 2 aromatic rings. The molecule has 0 saturated carbocycles. The van der Waals surface area contributed by atoms with E-state index in [9.17, 15) is 4.79 Å². The summed E-state index contributed by atoms with van der Waals surface area (Å²) in [4.78, 5) is 11.3. The van der Waals surface area contributed by atoms with Crippen molar-refractivity contribution in [2.45, 2.75) is 6.42 Å². The largest absolute Gasteiger partial charge is 0.423 e. The quantitative estimate of drug-likeness (QED) is 0.648. The Morgan fingerprint density at radius 1 is 1.35 bits per heavy atom. The van der Waals surface area contributed by atoms with Crippen LogP contribution in [-0.2, 0) is 0 Å². The van der Waals surface area contributed by atoms with Gasteiger partial charge in [0.05, 0.1) is 5.69 Å². The topological polar surface area (TPSA) is 62.5 Å². The lowest BCUT2D eigenvalue weighted by Gasteiger charge is -2.08. The number of halogens is 1. The van der Waals surface area contributed by atoms with Crippen molar-refractivity contribution in [1.82, 2.24) is 0 Å². The number of benzene rings is 1. The molecular weight excluding hydrogens is 242 g/mol. The number of aliphatic hydroxyl groups is 1. The van der Waals surface area contributed by atoms with Crippen LogP contribution in [0, 0.1) is 0 Å². The fourth-order valence-corrected chi connectivity index (χ4v) is 1.76. The second kappa shape index (κ2) is 5.21. The summed E-state index contributed by atoms with van der Waals surface area (Å²) in [6.07, 6.45) is 0.613. The lowest BCUT2D eigenvalue weighted by atomic mass is 10.2. The third-order valence-electron chi connectivity index (χ3n) is 2.35. The summed E-state index contributed by atoms with van der Waals surface area (Å²) >= 11 is 5.90. The Hall–Kier alpha value is -1.52. The number of nitrogens with one attached hydrogen (secondary N) is 1. The fourth-order valence-electron chi connectivity index (χ4n) is 1.58. The van der Waals surface area contributed by atoms with Gasteiger partial charge in [-0.05, 0) is 24.6 Å². The van der Waals surface area contributed by atoms with Crippen molar-refractivity contribution in [2.75, 3.05) is 18.5 Å². The normalized spacial score (nSPS) is 10.7. The van der Waals surface area contributed by atoms with E-state index >= 15 is 0 Å². The van der Waals surface area contributed by atoms with Crippen LogP contribution in [0.25, 0.3) is 11.0 Å². The number of fused-ring (bicyclic) bond motifs is 1. The molecule has 90 valence electrons. The molecule has 0 unspecified atom stereocenters.